The molecule has 0 radical (unpaired) electrons. The van der Waals surface area contributed by atoms with E-state index in [4.69, 9.17) is 0 Å². The summed E-state index contributed by atoms with van der Waals surface area (Å²) < 4.78 is 1.90. The van der Waals surface area contributed by atoms with Crippen molar-refractivity contribution in [1.82, 2.24) is 0 Å². The van der Waals surface area contributed by atoms with Crippen molar-refractivity contribution >= 4 is 5.78 Å². The Morgan fingerprint density at radius 1 is 0.938 bits per heavy atom. The van der Waals surface area contributed by atoms with Gasteiger partial charge in [0, 0.05) is 23.3 Å². The van der Waals surface area contributed by atoms with E-state index in [2.05, 4.69) is 0 Å². The lowest BCUT2D eigenvalue weighted by Crippen LogP contribution is -3.00. The minimum absolute atomic E-state index is 0. The van der Waals surface area contributed by atoms with E-state index in [1.807, 2.05) is 66.5 Å². The van der Waals surface area contributed by atoms with Crippen molar-refractivity contribution in [2.45, 2.75) is 0 Å². The van der Waals surface area contributed by atoms with Gasteiger partial charge in [0.2, 0.25) is 0 Å². The van der Waals surface area contributed by atoms with Gasteiger partial charge in [0.1, 0.15) is 7.05 Å². The van der Waals surface area contributed by atoms with Gasteiger partial charge in [-0.15, -0.1) is 0 Å². The number of rotatable bonds is 2. The molecule has 0 aliphatic heterocycles. The van der Waals surface area contributed by atoms with Crippen molar-refractivity contribution in [3.8, 4) is 0 Å². The summed E-state index contributed by atoms with van der Waals surface area (Å²) in [5.74, 6) is 0.0659. The molecule has 1 aromatic heterocycles. The number of aromatic nitrogens is 1. The first-order valence-electron chi connectivity index (χ1n) is 4.82. The molecule has 0 amide bonds. The quantitative estimate of drug-likeness (QED) is 0.384. The van der Waals surface area contributed by atoms with Gasteiger partial charge in [-0.2, -0.15) is 0 Å². The average Bonchev–Trinajstić information content (AvgIpc) is 2.30. The first kappa shape index (κ1) is 12.8. The Morgan fingerprint density at radius 3 is 2.00 bits per heavy atom. The largest absolute Gasteiger partial charge is 1.00 e. The van der Waals surface area contributed by atoms with Gasteiger partial charge >= 0.3 is 0 Å². The van der Waals surface area contributed by atoms with E-state index in [1.165, 1.54) is 0 Å². The van der Waals surface area contributed by atoms with Gasteiger partial charge < -0.3 is 24.0 Å². The standard InChI is InChI=1S/C13H12NO.HI/c1-14-9-7-12(8-10-14)13(15)11-5-3-2-4-6-11;/h2-10H,1H3;1H/q+1;/p-1. The van der Waals surface area contributed by atoms with Crippen LogP contribution in [0.25, 0.3) is 0 Å². The normalized spacial score (nSPS) is 9.31. The predicted octanol–water partition coefficient (Wildman–Crippen LogP) is -1.25. The van der Waals surface area contributed by atoms with Crippen LogP contribution in [0.3, 0.4) is 0 Å². The second-order valence-corrected chi connectivity index (χ2v) is 3.45. The lowest BCUT2D eigenvalue weighted by molar-refractivity contribution is -0.671. The fourth-order valence-corrected chi connectivity index (χ4v) is 1.41. The number of carbonyl (C=O) groups is 1. The molecule has 2 rings (SSSR count). The molecule has 2 aromatic rings. The highest BCUT2D eigenvalue weighted by atomic mass is 127. The summed E-state index contributed by atoms with van der Waals surface area (Å²) in [7, 11) is 1.93. The maximum atomic E-state index is 11.9. The summed E-state index contributed by atoms with van der Waals surface area (Å²) in [6.07, 6.45) is 3.74. The van der Waals surface area contributed by atoms with E-state index >= 15 is 0 Å². The fourth-order valence-electron chi connectivity index (χ4n) is 1.41. The van der Waals surface area contributed by atoms with E-state index in [1.54, 1.807) is 0 Å². The lowest BCUT2D eigenvalue weighted by Gasteiger charge is -1.98. The van der Waals surface area contributed by atoms with Crippen LogP contribution < -0.4 is 28.5 Å². The zero-order chi connectivity index (χ0) is 10.7. The Kier molecular flexibility index (Phi) is 4.61. The third-order valence-corrected chi connectivity index (χ3v) is 2.28. The molecule has 0 unspecified atom stereocenters. The van der Waals surface area contributed by atoms with Crippen LogP contribution in [-0.4, -0.2) is 5.78 Å². The topological polar surface area (TPSA) is 20.9 Å². The van der Waals surface area contributed by atoms with Gasteiger partial charge in [-0.3, -0.25) is 4.79 Å². The Bertz CT molecular complexity index is 465. The lowest BCUT2D eigenvalue weighted by atomic mass is 10.1. The highest BCUT2D eigenvalue weighted by molar-refractivity contribution is 6.08. The SMILES string of the molecule is C[n+]1ccc(C(=O)c2ccccc2)cc1.[I-]. The number of hydrogen-bond acceptors (Lipinski definition) is 1. The number of halogens is 1. The van der Waals surface area contributed by atoms with E-state index in [0.717, 1.165) is 11.1 Å². The van der Waals surface area contributed by atoms with Crippen molar-refractivity contribution in [3.05, 3.63) is 66.0 Å². The molecule has 2 nitrogen and oxygen atoms in total. The molecule has 0 fully saturated rings. The molecule has 82 valence electrons. The van der Waals surface area contributed by atoms with Crippen LogP contribution in [-0.2, 0) is 7.05 Å². The van der Waals surface area contributed by atoms with E-state index in [9.17, 15) is 4.79 Å². The van der Waals surface area contributed by atoms with E-state index < -0.39 is 0 Å². The summed E-state index contributed by atoms with van der Waals surface area (Å²) in [5.41, 5.74) is 1.45. The number of ketones is 1. The van der Waals surface area contributed by atoms with Gasteiger partial charge in [-0.25, -0.2) is 4.57 Å². The van der Waals surface area contributed by atoms with Crippen LogP contribution in [0.4, 0.5) is 0 Å². The molecular weight excluding hydrogens is 313 g/mol. The maximum absolute atomic E-state index is 11.9. The number of carbonyl (C=O) groups excluding carboxylic acids is 1. The Balaban J connectivity index is 0.00000128. The van der Waals surface area contributed by atoms with Gasteiger partial charge in [0.25, 0.3) is 0 Å². The second-order valence-electron chi connectivity index (χ2n) is 3.45. The zero-order valence-electron chi connectivity index (χ0n) is 8.93. The molecule has 0 aliphatic rings. The Labute approximate surface area is 112 Å². The maximum Gasteiger partial charge on any atom is 0.193 e. The average molecular weight is 325 g/mol. The molecular formula is C13H12INO. The predicted molar refractivity (Wildman–Crippen MR) is 57.5 cm³/mol. The van der Waals surface area contributed by atoms with Crippen LogP contribution in [0.2, 0.25) is 0 Å². The third kappa shape index (κ3) is 2.88. The first-order chi connectivity index (χ1) is 7.27. The number of aryl methyl sites for hydroxylation is 1. The number of hydrogen-bond donors (Lipinski definition) is 0. The molecule has 3 heteroatoms. The second kappa shape index (κ2) is 5.75. The molecule has 1 aromatic carbocycles. The third-order valence-electron chi connectivity index (χ3n) is 2.28. The highest BCUT2D eigenvalue weighted by Crippen LogP contribution is 2.07. The van der Waals surface area contributed by atoms with Crippen LogP contribution in [0.15, 0.2) is 54.9 Å². The molecule has 0 N–H and O–H groups in total. The number of pyridine rings is 1. The number of benzene rings is 1. The molecule has 0 aliphatic carbocycles. The first-order valence-corrected chi connectivity index (χ1v) is 4.82. The van der Waals surface area contributed by atoms with Gasteiger partial charge in [-0.05, 0) is 0 Å². The van der Waals surface area contributed by atoms with Crippen molar-refractivity contribution in [2.75, 3.05) is 0 Å². The van der Waals surface area contributed by atoms with Crippen LogP contribution in [0.5, 0.6) is 0 Å². The molecule has 0 saturated carbocycles. The minimum atomic E-state index is 0. The van der Waals surface area contributed by atoms with Crippen LogP contribution in [0.1, 0.15) is 15.9 Å². The van der Waals surface area contributed by atoms with Crippen LogP contribution in [0, 0.1) is 0 Å². The molecule has 16 heavy (non-hydrogen) atoms. The highest BCUT2D eigenvalue weighted by Gasteiger charge is 2.08. The fraction of sp³-hybridized carbons (Fsp3) is 0.0769. The Morgan fingerprint density at radius 2 is 1.44 bits per heavy atom. The number of nitrogens with zero attached hydrogens (tertiary/aromatic N) is 1. The zero-order valence-corrected chi connectivity index (χ0v) is 11.1. The Hall–Kier alpha value is -1.23. The monoisotopic (exact) mass is 325 g/mol. The smallest absolute Gasteiger partial charge is 0.193 e. The summed E-state index contributed by atoms with van der Waals surface area (Å²) in [4.78, 5) is 11.9. The summed E-state index contributed by atoms with van der Waals surface area (Å²) >= 11 is 0. The molecule has 0 saturated heterocycles. The van der Waals surface area contributed by atoms with Crippen molar-refractivity contribution in [2.24, 2.45) is 7.05 Å². The van der Waals surface area contributed by atoms with E-state index in [0.29, 0.717) is 0 Å². The summed E-state index contributed by atoms with van der Waals surface area (Å²) in [6.45, 7) is 0. The van der Waals surface area contributed by atoms with E-state index in [-0.39, 0.29) is 29.8 Å². The van der Waals surface area contributed by atoms with Crippen molar-refractivity contribution in [3.63, 3.8) is 0 Å². The van der Waals surface area contributed by atoms with Crippen molar-refractivity contribution in [1.29, 1.82) is 0 Å². The van der Waals surface area contributed by atoms with Gasteiger partial charge in [0.15, 0.2) is 18.2 Å². The summed E-state index contributed by atoms with van der Waals surface area (Å²) in [5, 5.41) is 0. The van der Waals surface area contributed by atoms with Gasteiger partial charge in [0.05, 0.1) is 0 Å². The minimum Gasteiger partial charge on any atom is -1.00 e. The van der Waals surface area contributed by atoms with Crippen LogP contribution >= 0.6 is 0 Å². The summed E-state index contributed by atoms with van der Waals surface area (Å²) in [6, 6.07) is 13.0. The van der Waals surface area contributed by atoms with Crippen molar-refractivity contribution < 1.29 is 33.3 Å². The molecule has 1 heterocycles. The molecule has 0 bridgehead atoms. The molecule has 0 atom stereocenters. The van der Waals surface area contributed by atoms with Gasteiger partial charge in [-0.1, -0.05) is 30.3 Å². The molecule has 0 spiro atoms.